The van der Waals surface area contributed by atoms with Crippen molar-refractivity contribution in [3.63, 3.8) is 0 Å². The molecule has 4 nitrogen and oxygen atoms in total. The maximum atomic E-state index is 13.5. The molecule has 0 aromatic heterocycles. The number of hydrogen-bond donors (Lipinski definition) is 0. The van der Waals surface area contributed by atoms with Crippen molar-refractivity contribution < 1.29 is 9.53 Å². The molecular weight excluding hydrogens is 408 g/mol. The second kappa shape index (κ2) is 8.27. The van der Waals surface area contributed by atoms with Crippen molar-refractivity contribution in [2.24, 2.45) is 10.9 Å². The predicted molar refractivity (Wildman–Crippen MR) is 130 cm³/mol. The van der Waals surface area contributed by atoms with Gasteiger partial charge in [-0.1, -0.05) is 78.9 Å². The Balaban J connectivity index is 1.48. The minimum Gasteiger partial charge on any atom is -0.458 e. The van der Waals surface area contributed by atoms with Gasteiger partial charge in [-0.2, -0.15) is 0 Å². The normalized spacial score (nSPS) is 20.5. The Hall–Kier alpha value is -3.24. The van der Waals surface area contributed by atoms with Crippen molar-refractivity contribution in [3.05, 3.63) is 107 Å². The molecule has 168 valence electrons. The standard InChI is InChI=1S/C29H30N2O2/c1-28(2,3)33-27(32)29(18-23-16-10-11-17-25(23)30-29)24-19-31(20-24)26(21-12-6-4-7-13-21)22-14-8-5-9-15-22/h4-18,24,26H,19-20H2,1-3H3. The summed E-state index contributed by atoms with van der Waals surface area (Å²) in [5, 5.41) is 1.87. The quantitative estimate of drug-likeness (QED) is 0.568. The van der Waals surface area contributed by atoms with Gasteiger partial charge in [-0.25, -0.2) is 4.79 Å². The lowest BCUT2D eigenvalue weighted by Gasteiger charge is -2.49. The number of hydrogen-bond acceptors (Lipinski definition) is 4. The van der Waals surface area contributed by atoms with E-state index in [1.54, 1.807) is 0 Å². The van der Waals surface area contributed by atoms with Crippen LogP contribution in [-0.2, 0) is 9.53 Å². The highest BCUT2D eigenvalue weighted by Gasteiger charge is 2.53. The first-order chi connectivity index (χ1) is 15.9. The average Bonchev–Trinajstić information content (AvgIpc) is 3.16. The molecule has 4 heteroatoms. The van der Waals surface area contributed by atoms with Crippen molar-refractivity contribution in [1.82, 2.24) is 4.90 Å². The fraction of sp³-hybridized carbons (Fsp3) is 0.310. The van der Waals surface area contributed by atoms with Gasteiger partial charge in [-0.05, 0) is 49.3 Å². The monoisotopic (exact) mass is 438 g/mol. The zero-order valence-corrected chi connectivity index (χ0v) is 19.4. The Morgan fingerprint density at radius 1 is 0.909 bits per heavy atom. The van der Waals surface area contributed by atoms with Gasteiger partial charge in [0.05, 0.1) is 11.4 Å². The fourth-order valence-electron chi connectivity index (χ4n) is 4.91. The largest absolute Gasteiger partial charge is 0.458 e. The van der Waals surface area contributed by atoms with Gasteiger partial charge in [0.15, 0.2) is 5.54 Å². The zero-order valence-electron chi connectivity index (χ0n) is 19.4. The molecular formula is C29H30N2O2. The molecule has 1 unspecified atom stereocenters. The van der Waals surface area contributed by atoms with Gasteiger partial charge in [0.1, 0.15) is 5.60 Å². The first-order valence-corrected chi connectivity index (χ1v) is 11.6. The van der Waals surface area contributed by atoms with Gasteiger partial charge >= 0.3 is 5.97 Å². The Labute approximate surface area is 195 Å². The van der Waals surface area contributed by atoms with E-state index >= 15 is 0 Å². The van der Waals surface area contributed by atoms with E-state index in [0.717, 1.165) is 23.7 Å². The summed E-state index contributed by atoms with van der Waals surface area (Å²) in [4.78, 5) is 20.9. The van der Waals surface area contributed by atoms with Crippen molar-refractivity contribution in [3.8, 4) is 0 Å². The molecule has 0 aliphatic carbocycles. The molecule has 3 aromatic rings. The Morgan fingerprint density at radius 3 is 2.00 bits per heavy atom. The van der Waals surface area contributed by atoms with Crippen LogP contribution in [0.4, 0.5) is 0 Å². The van der Waals surface area contributed by atoms with Crippen LogP contribution in [0.25, 0.3) is 6.08 Å². The molecule has 1 atom stereocenters. The molecule has 33 heavy (non-hydrogen) atoms. The van der Waals surface area contributed by atoms with Gasteiger partial charge in [0.25, 0.3) is 0 Å². The Morgan fingerprint density at radius 2 is 1.45 bits per heavy atom. The van der Waals surface area contributed by atoms with Crippen molar-refractivity contribution in [2.75, 3.05) is 13.1 Å². The molecule has 1 saturated heterocycles. The van der Waals surface area contributed by atoms with E-state index in [1.165, 1.54) is 11.1 Å². The van der Waals surface area contributed by atoms with Crippen LogP contribution in [0, 0.1) is 5.92 Å². The molecule has 0 bridgehead atoms. The molecule has 3 aromatic carbocycles. The van der Waals surface area contributed by atoms with Crippen LogP contribution in [0.1, 0.15) is 37.9 Å². The topological polar surface area (TPSA) is 41.9 Å². The van der Waals surface area contributed by atoms with Crippen molar-refractivity contribution in [2.45, 2.75) is 38.0 Å². The second-order valence-electron chi connectivity index (χ2n) is 10.0. The van der Waals surface area contributed by atoms with Crippen molar-refractivity contribution >= 4 is 12.0 Å². The number of rotatable bonds is 5. The molecule has 2 aliphatic rings. The summed E-state index contributed by atoms with van der Waals surface area (Å²) in [6, 6.07) is 29.2. The van der Waals surface area contributed by atoms with E-state index in [9.17, 15) is 4.79 Å². The summed E-state index contributed by atoms with van der Waals surface area (Å²) >= 11 is 0. The molecule has 5 rings (SSSR count). The highest BCUT2D eigenvalue weighted by Crippen LogP contribution is 2.41. The number of ether oxygens (including phenoxy) is 1. The molecule has 0 spiro atoms. The lowest BCUT2D eigenvalue weighted by Crippen LogP contribution is -2.60. The predicted octanol–water partition coefficient (Wildman–Crippen LogP) is 3.90. The molecule has 0 amide bonds. The number of nitrogens with zero attached hydrogens (tertiary/aromatic N) is 2. The maximum Gasteiger partial charge on any atom is 0.339 e. The number of esters is 1. The number of likely N-dealkylation sites (tertiary alicyclic amines) is 1. The third-order valence-electron chi connectivity index (χ3n) is 6.47. The number of benzene rings is 3. The first kappa shape index (κ1) is 21.6. The molecule has 0 saturated carbocycles. The SMILES string of the molecule is CC(C)(C)OC(=O)C1(C2CN(C(c3ccccc3)c3ccccc3)C2)C=c2ccccc2=N1. The summed E-state index contributed by atoms with van der Waals surface area (Å²) in [7, 11) is 0. The molecule has 1 fully saturated rings. The van der Waals surface area contributed by atoms with E-state index in [4.69, 9.17) is 9.73 Å². The number of carbonyl (C=O) groups is 1. The third-order valence-corrected chi connectivity index (χ3v) is 6.47. The minimum absolute atomic E-state index is 0.0506. The fourth-order valence-corrected chi connectivity index (χ4v) is 4.91. The molecule has 2 aliphatic heterocycles. The number of fused-ring (bicyclic) bond motifs is 1. The molecule has 0 radical (unpaired) electrons. The number of carbonyl (C=O) groups excluding carboxylic acids is 1. The van der Waals surface area contributed by atoms with E-state index in [2.05, 4.69) is 53.4 Å². The van der Waals surface area contributed by atoms with Crippen LogP contribution >= 0.6 is 0 Å². The van der Waals surface area contributed by atoms with Gasteiger partial charge in [0.2, 0.25) is 0 Å². The summed E-state index contributed by atoms with van der Waals surface area (Å²) in [6.45, 7) is 7.27. The van der Waals surface area contributed by atoms with Crippen LogP contribution in [0.2, 0.25) is 0 Å². The van der Waals surface area contributed by atoms with Crippen LogP contribution in [-0.4, -0.2) is 35.1 Å². The van der Waals surface area contributed by atoms with Crippen molar-refractivity contribution in [1.29, 1.82) is 0 Å². The smallest absolute Gasteiger partial charge is 0.339 e. The van der Waals surface area contributed by atoms with E-state index in [1.807, 2.05) is 63.2 Å². The third kappa shape index (κ3) is 4.11. The zero-order chi connectivity index (χ0) is 23.1. The molecule has 2 heterocycles. The number of para-hydroxylation sites is 1. The summed E-state index contributed by atoms with van der Waals surface area (Å²) < 4.78 is 5.90. The van der Waals surface area contributed by atoms with Crippen LogP contribution in [0.15, 0.2) is 89.9 Å². The summed E-state index contributed by atoms with van der Waals surface area (Å²) in [6.07, 6.45) is 2.03. The molecule has 0 N–H and O–H groups in total. The van der Waals surface area contributed by atoms with Gasteiger partial charge in [-0.15, -0.1) is 0 Å². The van der Waals surface area contributed by atoms with Crippen LogP contribution in [0.5, 0.6) is 0 Å². The van der Waals surface area contributed by atoms with E-state index < -0.39 is 11.1 Å². The average molecular weight is 439 g/mol. The highest BCUT2D eigenvalue weighted by atomic mass is 16.6. The summed E-state index contributed by atoms with van der Waals surface area (Å²) in [5.41, 5.74) is 0.960. The highest BCUT2D eigenvalue weighted by molar-refractivity contribution is 5.91. The lowest BCUT2D eigenvalue weighted by molar-refractivity contribution is -0.163. The Bertz CT molecular complexity index is 1180. The lowest BCUT2D eigenvalue weighted by atomic mass is 9.77. The van der Waals surface area contributed by atoms with Gasteiger partial charge in [0, 0.05) is 19.0 Å². The minimum atomic E-state index is -0.981. The first-order valence-electron chi connectivity index (χ1n) is 11.6. The van der Waals surface area contributed by atoms with Crippen LogP contribution < -0.4 is 10.6 Å². The van der Waals surface area contributed by atoms with Crippen LogP contribution in [0.3, 0.4) is 0 Å². The van der Waals surface area contributed by atoms with E-state index in [0.29, 0.717) is 0 Å². The summed E-state index contributed by atoms with van der Waals surface area (Å²) in [5.74, 6) is -0.207. The Kier molecular flexibility index (Phi) is 5.41. The second-order valence-corrected chi connectivity index (χ2v) is 10.0. The van der Waals surface area contributed by atoms with Gasteiger partial charge < -0.3 is 4.74 Å². The maximum absolute atomic E-state index is 13.5. The van der Waals surface area contributed by atoms with Gasteiger partial charge in [-0.3, -0.25) is 9.89 Å². The van der Waals surface area contributed by atoms with E-state index in [-0.39, 0.29) is 17.9 Å².